The van der Waals surface area contributed by atoms with Crippen molar-refractivity contribution in [1.82, 2.24) is 0 Å². The first-order valence-corrected chi connectivity index (χ1v) is 9.04. The van der Waals surface area contributed by atoms with Crippen LogP contribution in [0.5, 0.6) is 0 Å². The minimum atomic E-state index is -3.46. The molecule has 1 N–H and O–H groups in total. The molecule has 22 heavy (non-hydrogen) atoms. The Morgan fingerprint density at radius 3 is 2.41 bits per heavy atom. The van der Waals surface area contributed by atoms with E-state index in [0.717, 1.165) is 11.1 Å². The van der Waals surface area contributed by atoms with Crippen molar-refractivity contribution in [2.24, 2.45) is 5.92 Å². The summed E-state index contributed by atoms with van der Waals surface area (Å²) < 4.78 is 25.6. The van der Waals surface area contributed by atoms with Crippen molar-refractivity contribution >= 4 is 21.4 Å². The molecule has 3 rings (SSSR count). The van der Waals surface area contributed by atoms with Crippen LogP contribution in [0.1, 0.15) is 17.0 Å². The van der Waals surface area contributed by atoms with Crippen molar-refractivity contribution in [3.05, 3.63) is 64.7 Å². The fourth-order valence-corrected chi connectivity index (χ4v) is 5.42. The molecule has 1 saturated carbocycles. The Labute approximate surface area is 135 Å². The predicted molar refractivity (Wildman–Crippen MR) is 86.9 cm³/mol. The molecule has 0 bridgehead atoms. The van der Waals surface area contributed by atoms with Crippen molar-refractivity contribution in [2.75, 3.05) is 6.61 Å². The number of hydrogen-bond donors (Lipinski definition) is 1. The number of aliphatic hydroxyl groups is 1. The minimum absolute atomic E-state index is 0.146. The molecule has 0 saturated heterocycles. The Hall–Kier alpha value is -1.36. The molecule has 0 spiro atoms. The lowest BCUT2D eigenvalue weighted by molar-refractivity contribution is 0.274. The molecule has 2 aromatic carbocycles. The fraction of sp³-hybridized carbons (Fsp3) is 0.294. The molecular weight excluding hydrogens is 320 g/mol. The third-order valence-electron chi connectivity index (χ3n) is 4.25. The molecule has 0 unspecified atom stereocenters. The molecule has 0 aliphatic heterocycles. The van der Waals surface area contributed by atoms with E-state index in [2.05, 4.69) is 0 Å². The molecule has 5 heteroatoms. The largest absolute Gasteiger partial charge is 0.396 e. The Kier molecular flexibility index (Phi) is 4.02. The standard InChI is InChI=1S/C17H17ClO3S/c1-11-5-7-14(8-6-11)22(20,21)17-15(10-19)16(17)12-3-2-4-13(18)9-12/h2-9,15-17,19H,10H2,1H3/t15-,16+,17+/m0/s1. The number of benzene rings is 2. The van der Waals surface area contributed by atoms with Gasteiger partial charge in [-0.15, -0.1) is 0 Å². The summed E-state index contributed by atoms with van der Waals surface area (Å²) in [6, 6.07) is 14.0. The van der Waals surface area contributed by atoms with E-state index in [4.69, 9.17) is 11.6 Å². The minimum Gasteiger partial charge on any atom is -0.396 e. The Morgan fingerprint density at radius 1 is 1.14 bits per heavy atom. The third kappa shape index (κ3) is 2.67. The van der Waals surface area contributed by atoms with E-state index in [1.54, 1.807) is 42.5 Å². The molecule has 1 aliphatic rings. The van der Waals surface area contributed by atoms with Gasteiger partial charge in [0.15, 0.2) is 9.84 Å². The zero-order chi connectivity index (χ0) is 15.9. The summed E-state index contributed by atoms with van der Waals surface area (Å²) in [6.07, 6.45) is 0. The van der Waals surface area contributed by atoms with E-state index in [9.17, 15) is 13.5 Å². The maximum atomic E-state index is 12.8. The quantitative estimate of drug-likeness (QED) is 0.932. The van der Waals surface area contributed by atoms with Gasteiger partial charge in [-0.05, 0) is 36.8 Å². The van der Waals surface area contributed by atoms with Crippen LogP contribution in [-0.4, -0.2) is 25.4 Å². The van der Waals surface area contributed by atoms with Gasteiger partial charge in [-0.2, -0.15) is 0 Å². The predicted octanol–water partition coefficient (Wildman–Crippen LogP) is 3.20. The first kappa shape index (κ1) is 15.5. The summed E-state index contributed by atoms with van der Waals surface area (Å²) >= 11 is 5.99. The Bertz CT molecular complexity index is 784. The van der Waals surface area contributed by atoms with Crippen LogP contribution in [0.4, 0.5) is 0 Å². The number of aliphatic hydroxyl groups excluding tert-OH is 1. The van der Waals surface area contributed by atoms with E-state index < -0.39 is 15.1 Å². The molecule has 116 valence electrons. The van der Waals surface area contributed by atoms with Crippen LogP contribution in [-0.2, 0) is 9.84 Å². The van der Waals surface area contributed by atoms with E-state index in [-0.39, 0.29) is 18.4 Å². The monoisotopic (exact) mass is 336 g/mol. The molecule has 0 radical (unpaired) electrons. The molecule has 1 aliphatic carbocycles. The fourth-order valence-electron chi connectivity index (χ4n) is 3.02. The SMILES string of the molecule is Cc1ccc(S(=O)(=O)[C@@H]2[C@@H](CO)[C@H]2c2cccc(Cl)c2)cc1. The maximum absolute atomic E-state index is 12.8. The summed E-state index contributed by atoms with van der Waals surface area (Å²) in [4.78, 5) is 0.311. The Balaban J connectivity index is 1.95. The zero-order valence-electron chi connectivity index (χ0n) is 12.1. The van der Waals surface area contributed by atoms with Crippen LogP contribution < -0.4 is 0 Å². The molecular formula is C17H17ClO3S. The summed E-state index contributed by atoms with van der Waals surface area (Å²) in [5.74, 6) is -0.472. The molecule has 3 nitrogen and oxygen atoms in total. The molecule has 1 fully saturated rings. The Morgan fingerprint density at radius 2 is 1.82 bits per heavy atom. The van der Waals surface area contributed by atoms with Gasteiger partial charge >= 0.3 is 0 Å². The van der Waals surface area contributed by atoms with E-state index in [1.165, 1.54) is 0 Å². The highest BCUT2D eigenvalue weighted by atomic mass is 35.5. The van der Waals surface area contributed by atoms with Gasteiger partial charge in [0.05, 0.1) is 10.1 Å². The lowest BCUT2D eigenvalue weighted by atomic mass is 10.1. The number of hydrogen-bond acceptors (Lipinski definition) is 3. The van der Waals surface area contributed by atoms with Gasteiger partial charge in [0, 0.05) is 23.5 Å². The van der Waals surface area contributed by atoms with Gasteiger partial charge in [-0.25, -0.2) is 8.42 Å². The maximum Gasteiger partial charge on any atom is 0.182 e. The summed E-state index contributed by atoms with van der Waals surface area (Å²) in [7, 11) is -3.46. The van der Waals surface area contributed by atoms with Gasteiger partial charge < -0.3 is 5.11 Å². The summed E-state index contributed by atoms with van der Waals surface area (Å²) in [6.45, 7) is 1.77. The second-order valence-corrected chi connectivity index (χ2v) is 8.29. The average molecular weight is 337 g/mol. The van der Waals surface area contributed by atoms with Crippen molar-refractivity contribution in [3.63, 3.8) is 0 Å². The van der Waals surface area contributed by atoms with Crippen LogP contribution in [0.2, 0.25) is 5.02 Å². The van der Waals surface area contributed by atoms with Gasteiger partial charge in [-0.1, -0.05) is 41.4 Å². The smallest absolute Gasteiger partial charge is 0.182 e. The van der Waals surface area contributed by atoms with Gasteiger partial charge in [0.1, 0.15) is 0 Å². The van der Waals surface area contributed by atoms with Crippen molar-refractivity contribution in [3.8, 4) is 0 Å². The second-order valence-electron chi connectivity index (χ2n) is 5.75. The van der Waals surface area contributed by atoms with Crippen molar-refractivity contribution < 1.29 is 13.5 Å². The lowest BCUT2D eigenvalue weighted by Gasteiger charge is -2.05. The molecule has 3 atom stereocenters. The first-order chi connectivity index (χ1) is 10.4. The van der Waals surface area contributed by atoms with E-state index >= 15 is 0 Å². The second kappa shape index (κ2) is 5.69. The lowest BCUT2D eigenvalue weighted by Crippen LogP contribution is -2.11. The van der Waals surface area contributed by atoms with Crippen molar-refractivity contribution in [1.29, 1.82) is 0 Å². The van der Waals surface area contributed by atoms with Crippen LogP contribution >= 0.6 is 11.6 Å². The van der Waals surface area contributed by atoms with Crippen LogP contribution in [0.3, 0.4) is 0 Å². The summed E-state index contributed by atoms with van der Waals surface area (Å²) in [5.41, 5.74) is 1.88. The molecule has 0 amide bonds. The number of aryl methyl sites for hydroxylation is 1. The highest BCUT2D eigenvalue weighted by Crippen LogP contribution is 2.53. The van der Waals surface area contributed by atoms with Crippen LogP contribution in [0.15, 0.2) is 53.4 Å². The van der Waals surface area contributed by atoms with Crippen LogP contribution in [0.25, 0.3) is 0 Å². The topological polar surface area (TPSA) is 54.4 Å². The van der Waals surface area contributed by atoms with Gasteiger partial charge in [0.2, 0.25) is 0 Å². The highest BCUT2D eigenvalue weighted by Gasteiger charge is 2.58. The van der Waals surface area contributed by atoms with Crippen LogP contribution in [0, 0.1) is 12.8 Å². The normalized spacial score (nSPS) is 24.2. The van der Waals surface area contributed by atoms with E-state index in [1.807, 2.05) is 13.0 Å². The number of rotatable bonds is 4. The van der Waals surface area contributed by atoms with E-state index in [0.29, 0.717) is 9.92 Å². The third-order valence-corrected chi connectivity index (χ3v) is 6.77. The van der Waals surface area contributed by atoms with Crippen molar-refractivity contribution in [2.45, 2.75) is 23.0 Å². The highest BCUT2D eigenvalue weighted by molar-refractivity contribution is 7.92. The number of halogens is 1. The van der Waals surface area contributed by atoms with Gasteiger partial charge in [-0.3, -0.25) is 0 Å². The molecule has 0 aromatic heterocycles. The van der Waals surface area contributed by atoms with Gasteiger partial charge in [0.25, 0.3) is 0 Å². The molecule has 0 heterocycles. The molecule has 2 aromatic rings. The number of sulfone groups is 1. The zero-order valence-corrected chi connectivity index (χ0v) is 13.7. The first-order valence-electron chi connectivity index (χ1n) is 7.12. The summed E-state index contributed by atoms with van der Waals surface area (Å²) in [5, 5.41) is 9.53. The average Bonchev–Trinajstić information content (AvgIpc) is 3.23.